The van der Waals surface area contributed by atoms with Gasteiger partial charge >= 0.3 is 0 Å². The van der Waals surface area contributed by atoms with E-state index >= 15 is 0 Å². The van der Waals surface area contributed by atoms with E-state index in [0.717, 1.165) is 37.7 Å². The summed E-state index contributed by atoms with van der Waals surface area (Å²) in [6.45, 7) is 0. The minimum absolute atomic E-state index is 0.115. The molecule has 0 heterocycles. The van der Waals surface area contributed by atoms with E-state index in [1.165, 1.54) is 50.7 Å². The van der Waals surface area contributed by atoms with Crippen LogP contribution in [0.3, 0.4) is 0 Å². The molecule has 0 spiro atoms. The van der Waals surface area contributed by atoms with Gasteiger partial charge in [0.15, 0.2) is 11.5 Å². The van der Waals surface area contributed by atoms with Crippen LogP contribution in [-0.2, 0) is 0 Å². The van der Waals surface area contributed by atoms with Gasteiger partial charge in [0.2, 0.25) is 0 Å². The lowest BCUT2D eigenvalue weighted by Gasteiger charge is -2.24. The first-order valence-corrected chi connectivity index (χ1v) is 10.0. The van der Waals surface area contributed by atoms with E-state index in [-0.39, 0.29) is 17.6 Å². The van der Waals surface area contributed by atoms with Gasteiger partial charge in [-0.15, -0.1) is 0 Å². The van der Waals surface area contributed by atoms with Crippen LogP contribution in [0.4, 0.5) is 0 Å². The number of allylic oxidation sites excluding steroid dienone is 1. The van der Waals surface area contributed by atoms with Gasteiger partial charge in [0, 0.05) is 12.0 Å². The molecule has 1 saturated carbocycles. The smallest absolute Gasteiger partial charge is 0.158 e. The third-order valence-electron chi connectivity index (χ3n) is 5.10. The summed E-state index contributed by atoms with van der Waals surface area (Å²) in [5.74, 6) is 6.36. The van der Waals surface area contributed by atoms with Gasteiger partial charge in [0.05, 0.1) is 6.10 Å². The van der Waals surface area contributed by atoms with Crippen molar-refractivity contribution in [1.82, 2.24) is 0 Å². The van der Waals surface area contributed by atoms with Crippen LogP contribution in [0.25, 0.3) is 0 Å². The molecule has 1 unspecified atom stereocenters. The Balaban J connectivity index is 1.51. The number of phenolic OH excluding ortho intramolecular Hbond substituents is 2. The van der Waals surface area contributed by atoms with E-state index in [2.05, 4.69) is 17.9 Å². The second-order valence-electron chi connectivity index (χ2n) is 7.27. The van der Waals surface area contributed by atoms with Gasteiger partial charge in [-0.25, -0.2) is 0 Å². The van der Waals surface area contributed by atoms with Crippen LogP contribution in [0, 0.1) is 17.8 Å². The van der Waals surface area contributed by atoms with Gasteiger partial charge in [0.1, 0.15) is 0 Å². The van der Waals surface area contributed by atoms with E-state index in [4.69, 9.17) is 0 Å². The fourth-order valence-electron chi connectivity index (χ4n) is 3.46. The van der Waals surface area contributed by atoms with Crippen LogP contribution in [0.5, 0.6) is 11.5 Å². The minimum atomic E-state index is -0.245. The third kappa shape index (κ3) is 7.54. The molecule has 142 valence electrons. The lowest BCUT2D eigenvalue weighted by Crippen LogP contribution is -2.20. The van der Waals surface area contributed by atoms with Crippen molar-refractivity contribution in [1.29, 1.82) is 0 Å². The number of hydrogen-bond acceptors (Lipinski definition) is 3. The lowest BCUT2D eigenvalue weighted by atomic mass is 9.85. The fraction of sp³-hybridized carbons (Fsp3) is 0.565. The topological polar surface area (TPSA) is 60.7 Å². The maximum atomic E-state index is 10.2. The molecule has 0 bridgehead atoms. The largest absolute Gasteiger partial charge is 0.504 e. The number of benzene rings is 1. The van der Waals surface area contributed by atoms with E-state index in [1.54, 1.807) is 6.07 Å². The van der Waals surface area contributed by atoms with Crippen molar-refractivity contribution in [3.63, 3.8) is 0 Å². The zero-order chi connectivity index (χ0) is 18.6. The normalized spacial score (nSPS) is 16.3. The van der Waals surface area contributed by atoms with Gasteiger partial charge in [-0.1, -0.05) is 56.1 Å². The zero-order valence-corrected chi connectivity index (χ0v) is 15.7. The summed E-state index contributed by atoms with van der Waals surface area (Å²) in [5.41, 5.74) is 0.724. The summed E-state index contributed by atoms with van der Waals surface area (Å²) in [6.07, 6.45) is 16.6. The maximum Gasteiger partial charge on any atom is 0.158 e. The molecular formula is C23H32O3. The molecule has 3 N–H and O–H groups in total. The Morgan fingerprint density at radius 3 is 2.54 bits per heavy atom. The van der Waals surface area contributed by atoms with Crippen LogP contribution >= 0.6 is 0 Å². The molecule has 3 heteroatoms. The van der Waals surface area contributed by atoms with Gasteiger partial charge in [-0.2, -0.15) is 0 Å². The summed E-state index contributed by atoms with van der Waals surface area (Å²) in [7, 11) is 0. The molecule has 1 atom stereocenters. The Kier molecular flexibility index (Phi) is 9.14. The molecule has 1 aromatic carbocycles. The molecule has 0 aromatic heterocycles. The van der Waals surface area contributed by atoms with Gasteiger partial charge < -0.3 is 15.3 Å². The third-order valence-corrected chi connectivity index (χ3v) is 5.10. The molecule has 0 saturated heterocycles. The summed E-state index contributed by atoms with van der Waals surface area (Å²) < 4.78 is 0. The molecule has 2 rings (SSSR count). The molecule has 1 aromatic rings. The van der Waals surface area contributed by atoms with Crippen LogP contribution in [0.1, 0.15) is 76.2 Å². The van der Waals surface area contributed by atoms with E-state index in [0.29, 0.717) is 5.92 Å². The number of hydrogen-bond donors (Lipinski definition) is 3. The van der Waals surface area contributed by atoms with Crippen LogP contribution in [-0.4, -0.2) is 21.4 Å². The molecule has 1 aliphatic rings. The van der Waals surface area contributed by atoms with Crippen molar-refractivity contribution in [2.24, 2.45) is 5.92 Å². The Labute approximate surface area is 157 Å². The number of aliphatic hydroxyl groups excluding tert-OH is 1. The Morgan fingerprint density at radius 1 is 1.00 bits per heavy atom. The van der Waals surface area contributed by atoms with E-state index in [9.17, 15) is 15.3 Å². The summed E-state index contributed by atoms with van der Waals surface area (Å²) in [5, 5.41) is 28.8. The Morgan fingerprint density at radius 2 is 1.77 bits per heavy atom. The number of unbranched alkanes of at least 4 members (excludes halogenated alkanes) is 5. The first kappa shape index (κ1) is 20.4. The molecule has 26 heavy (non-hydrogen) atoms. The summed E-state index contributed by atoms with van der Waals surface area (Å²) >= 11 is 0. The zero-order valence-electron chi connectivity index (χ0n) is 15.7. The highest BCUT2D eigenvalue weighted by Gasteiger charge is 2.19. The Bertz CT molecular complexity index is 618. The van der Waals surface area contributed by atoms with Crippen LogP contribution in [0.2, 0.25) is 0 Å². The van der Waals surface area contributed by atoms with Gasteiger partial charge in [-0.3, -0.25) is 0 Å². The van der Waals surface area contributed by atoms with Crippen LogP contribution < -0.4 is 0 Å². The van der Waals surface area contributed by atoms with E-state index in [1.807, 2.05) is 6.08 Å². The van der Waals surface area contributed by atoms with Gasteiger partial charge in [-0.05, 0) is 56.2 Å². The fourth-order valence-corrected chi connectivity index (χ4v) is 3.46. The molecule has 1 aliphatic carbocycles. The minimum Gasteiger partial charge on any atom is -0.504 e. The van der Waals surface area contributed by atoms with Crippen molar-refractivity contribution >= 4 is 0 Å². The molecular weight excluding hydrogens is 324 g/mol. The number of aromatic hydroxyl groups is 2. The van der Waals surface area contributed by atoms with Crippen LogP contribution in [0.15, 0.2) is 30.4 Å². The van der Waals surface area contributed by atoms with Crippen molar-refractivity contribution in [3.05, 3.63) is 35.9 Å². The highest BCUT2D eigenvalue weighted by molar-refractivity contribution is 5.46. The number of phenols is 2. The molecule has 1 fully saturated rings. The maximum absolute atomic E-state index is 10.2. The average Bonchev–Trinajstić information content (AvgIpc) is 2.66. The average molecular weight is 357 g/mol. The van der Waals surface area contributed by atoms with E-state index < -0.39 is 0 Å². The predicted octanol–water partition coefficient (Wildman–Crippen LogP) is 5.29. The standard InChI is InChI=1S/C23H32O3/c24-21(20-13-9-7-10-14-20)15-11-6-4-2-1-3-5-8-12-19-16-17-22(25)23(26)18-19/h11,15-18,20-21,24-26H,1-7,9-10,13-14H2. The summed E-state index contributed by atoms with van der Waals surface area (Å²) in [6, 6.07) is 4.64. The van der Waals surface area contributed by atoms with Crippen molar-refractivity contribution in [2.75, 3.05) is 0 Å². The summed E-state index contributed by atoms with van der Waals surface area (Å²) in [4.78, 5) is 0. The van der Waals surface area contributed by atoms with Crippen molar-refractivity contribution in [2.45, 2.75) is 76.7 Å². The Hall–Kier alpha value is -1.92. The predicted molar refractivity (Wildman–Crippen MR) is 106 cm³/mol. The first-order chi connectivity index (χ1) is 12.7. The molecule has 0 amide bonds. The van der Waals surface area contributed by atoms with Gasteiger partial charge in [0.25, 0.3) is 0 Å². The highest BCUT2D eigenvalue weighted by atomic mass is 16.3. The monoisotopic (exact) mass is 356 g/mol. The van der Waals surface area contributed by atoms with Crippen molar-refractivity contribution < 1.29 is 15.3 Å². The molecule has 3 nitrogen and oxygen atoms in total. The molecule has 0 aliphatic heterocycles. The molecule has 0 radical (unpaired) electrons. The quantitative estimate of drug-likeness (QED) is 0.257. The second kappa shape index (κ2) is 11.6. The number of aliphatic hydroxyl groups is 1. The van der Waals surface area contributed by atoms with Crippen molar-refractivity contribution in [3.8, 4) is 23.3 Å². The highest BCUT2D eigenvalue weighted by Crippen LogP contribution is 2.27. The lowest BCUT2D eigenvalue weighted by molar-refractivity contribution is 0.125. The second-order valence-corrected chi connectivity index (χ2v) is 7.27. The first-order valence-electron chi connectivity index (χ1n) is 10.0. The SMILES string of the molecule is Oc1ccc(C#CCCCCCCC=CC(O)C2CCCCC2)cc1O. The number of rotatable bonds is 8.